The van der Waals surface area contributed by atoms with E-state index in [9.17, 15) is 9.59 Å². The molecule has 0 saturated carbocycles. The normalized spacial score (nSPS) is 19.5. The fraction of sp³-hybridized carbons (Fsp3) is 0.875. The Morgan fingerprint density at radius 1 is 1.23 bits per heavy atom. The Kier molecular flexibility index (Phi) is 7.13. The third-order valence-electron chi connectivity index (χ3n) is 3.72. The Bertz CT molecular complexity index is 379. The van der Waals surface area contributed by atoms with Gasteiger partial charge < -0.3 is 19.3 Å². The monoisotopic (exact) mass is 314 g/mol. The Morgan fingerprint density at radius 3 is 2.45 bits per heavy atom. The summed E-state index contributed by atoms with van der Waals surface area (Å²) in [5.41, 5.74) is -0.479. The van der Waals surface area contributed by atoms with Crippen LogP contribution in [0.15, 0.2) is 0 Å². The van der Waals surface area contributed by atoms with E-state index in [0.29, 0.717) is 19.6 Å². The number of nitrogens with zero attached hydrogens (tertiary/aromatic N) is 2. The second kappa shape index (κ2) is 8.36. The van der Waals surface area contributed by atoms with Gasteiger partial charge in [0.15, 0.2) is 0 Å². The first-order valence-electron chi connectivity index (χ1n) is 8.04. The molecule has 0 aliphatic carbocycles. The summed E-state index contributed by atoms with van der Waals surface area (Å²) in [4.78, 5) is 27.8. The van der Waals surface area contributed by atoms with Gasteiger partial charge in [-0.25, -0.2) is 4.79 Å². The van der Waals surface area contributed by atoms with Gasteiger partial charge in [-0.3, -0.25) is 4.79 Å². The molecule has 0 aromatic heterocycles. The number of methoxy groups -OCH3 is 1. The molecule has 1 heterocycles. The lowest BCUT2D eigenvalue weighted by atomic mass is 10.1. The summed E-state index contributed by atoms with van der Waals surface area (Å²) in [6.45, 7) is 9.66. The van der Waals surface area contributed by atoms with E-state index in [4.69, 9.17) is 9.47 Å². The van der Waals surface area contributed by atoms with E-state index in [1.165, 1.54) is 7.11 Å². The molecular formula is C16H30N2O4. The maximum Gasteiger partial charge on any atom is 0.410 e. The quantitative estimate of drug-likeness (QED) is 0.799. The summed E-state index contributed by atoms with van der Waals surface area (Å²) >= 11 is 0. The van der Waals surface area contributed by atoms with Gasteiger partial charge in [0.05, 0.1) is 0 Å². The highest BCUT2D eigenvalue weighted by Gasteiger charge is 2.28. The van der Waals surface area contributed by atoms with Crippen LogP contribution < -0.4 is 0 Å². The van der Waals surface area contributed by atoms with E-state index in [0.717, 1.165) is 19.3 Å². The van der Waals surface area contributed by atoms with Crippen LogP contribution >= 0.6 is 0 Å². The molecule has 2 amide bonds. The molecule has 6 nitrogen and oxygen atoms in total. The van der Waals surface area contributed by atoms with Crippen LogP contribution in [-0.2, 0) is 14.3 Å². The lowest BCUT2D eigenvalue weighted by molar-refractivity contribution is -0.137. The number of rotatable bonds is 4. The molecule has 0 aromatic carbocycles. The largest absolute Gasteiger partial charge is 0.444 e. The van der Waals surface area contributed by atoms with Crippen LogP contribution in [0.1, 0.15) is 47.0 Å². The summed E-state index contributed by atoms with van der Waals surface area (Å²) in [6.07, 6.45) is 2.30. The zero-order chi connectivity index (χ0) is 16.8. The number of amides is 2. The van der Waals surface area contributed by atoms with Crippen LogP contribution in [0.25, 0.3) is 0 Å². The summed E-state index contributed by atoms with van der Waals surface area (Å²) in [7, 11) is 1.53. The van der Waals surface area contributed by atoms with Gasteiger partial charge in [-0.05, 0) is 47.0 Å². The zero-order valence-corrected chi connectivity index (χ0v) is 14.6. The Hall–Kier alpha value is -1.30. The molecule has 0 unspecified atom stereocenters. The molecule has 6 heteroatoms. The number of likely N-dealkylation sites (tertiary alicyclic amines) is 1. The third kappa shape index (κ3) is 5.83. The van der Waals surface area contributed by atoms with Gasteiger partial charge in [0.2, 0.25) is 5.91 Å². The van der Waals surface area contributed by atoms with Crippen LogP contribution in [0, 0.1) is 0 Å². The molecule has 0 N–H and O–H groups in total. The smallest absolute Gasteiger partial charge is 0.410 e. The number of hydrogen-bond acceptors (Lipinski definition) is 4. The highest BCUT2D eigenvalue weighted by molar-refractivity contribution is 5.77. The van der Waals surface area contributed by atoms with Gasteiger partial charge in [-0.2, -0.15) is 0 Å². The Morgan fingerprint density at radius 2 is 1.91 bits per heavy atom. The molecule has 1 atom stereocenters. The molecule has 0 spiro atoms. The maximum absolute atomic E-state index is 12.2. The molecule has 0 bridgehead atoms. The van der Waals surface area contributed by atoms with Crippen LogP contribution in [-0.4, -0.2) is 66.8 Å². The number of ether oxygens (including phenoxy) is 2. The molecule has 1 aliphatic rings. The molecule has 0 aromatic rings. The number of hydrogen-bond donors (Lipinski definition) is 0. The van der Waals surface area contributed by atoms with Crippen molar-refractivity contribution < 1.29 is 19.1 Å². The molecule has 0 radical (unpaired) electrons. The van der Waals surface area contributed by atoms with Crippen molar-refractivity contribution in [3.05, 3.63) is 0 Å². The van der Waals surface area contributed by atoms with E-state index in [1.807, 2.05) is 32.6 Å². The highest BCUT2D eigenvalue weighted by atomic mass is 16.6. The predicted molar refractivity (Wildman–Crippen MR) is 84.7 cm³/mol. The van der Waals surface area contributed by atoms with E-state index >= 15 is 0 Å². The average molecular weight is 314 g/mol. The van der Waals surface area contributed by atoms with Gasteiger partial charge in [-0.15, -0.1) is 0 Å². The molecule has 1 saturated heterocycles. The third-order valence-corrected chi connectivity index (χ3v) is 3.72. The minimum atomic E-state index is -0.479. The van der Waals surface area contributed by atoms with Gasteiger partial charge in [0.25, 0.3) is 0 Å². The second-order valence-electron chi connectivity index (χ2n) is 6.66. The van der Waals surface area contributed by atoms with Crippen LogP contribution in [0.4, 0.5) is 4.79 Å². The average Bonchev–Trinajstić information content (AvgIpc) is 2.64. The van der Waals surface area contributed by atoms with Crippen LogP contribution in [0.3, 0.4) is 0 Å². The SMILES string of the molecule is CCN(C(=O)COC)[C@@H]1CCCN(C(=O)OC(C)(C)C)CC1. The summed E-state index contributed by atoms with van der Waals surface area (Å²) in [5.74, 6) is 0.0146. The Labute approximate surface area is 133 Å². The van der Waals surface area contributed by atoms with Gasteiger partial charge in [-0.1, -0.05) is 0 Å². The zero-order valence-electron chi connectivity index (χ0n) is 14.6. The fourth-order valence-electron chi connectivity index (χ4n) is 2.74. The lowest BCUT2D eigenvalue weighted by Gasteiger charge is -2.30. The maximum atomic E-state index is 12.2. The van der Waals surface area contributed by atoms with Crippen molar-refractivity contribution >= 4 is 12.0 Å². The topological polar surface area (TPSA) is 59.1 Å². The van der Waals surface area contributed by atoms with Crippen molar-refractivity contribution in [3.63, 3.8) is 0 Å². The summed E-state index contributed by atoms with van der Waals surface area (Å²) in [5, 5.41) is 0. The minimum absolute atomic E-state index is 0.0146. The summed E-state index contributed by atoms with van der Waals surface area (Å²) < 4.78 is 10.4. The molecule has 1 rings (SSSR count). The lowest BCUT2D eigenvalue weighted by Crippen LogP contribution is -2.43. The van der Waals surface area contributed by atoms with E-state index in [2.05, 4.69) is 0 Å². The Balaban J connectivity index is 2.61. The van der Waals surface area contributed by atoms with Crippen molar-refractivity contribution in [1.82, 2.24) is 9.80 Å². The van der Waals surface area contributed by atoms with Gasteiger partial charge in [0, 0.05) is 32.8 Å². The molecule has 1 fully saturated rings. The fourth-order valence-corrected chi connectivity index (χ4v) is 2.74. The molecule has 22 heavy (non-hydrogen) atoms. The minimum Gasteiger partial charge on any atom is -0.444 e. The van der Waals surface area contributed by atoms with Crippen LogP contribution in [0.2, 0.25) is 0 Å². The predicted octanol–water partition coefficient (Wildman–Crippen LogP) is 2.27. The van der Waals surface area contributed by atoms with E-state index < -0.39 is 5.60 Å². The molecular weight excluding hydrogens is 284 g/mol. The van der Waals surface area contributed by atoms with Gasteiger partial charge >= 0.3 is 6.09 Å². The van der Waals surface area contributed by atoms with Crippen molar-refractivity contribution in [2.24, 2.45) is 0 Å². The summed E-state index contributed by atoms with van der Waals surface area (Å²) in [6, 6.07) is 0.167. The van der Waals surface area contributed by atoms with Crippen molar-refractivity contribution in [3.8, 4) is 0 Å². The van der Waals surface area contributed by atoms with Crippen LogP contribution in [0.5, 0.6) is 0 Å². The number of carbonyl (C=O) groups excluding carboxylic acids is 2. The van der Waals surface area contributed by atoms with E-state index in [-0.39, 0.29) is 24.6 Å². The highest BCUT2D eigenvalue weighted by Crippen LogP contribution is 2.19. The second-order valence-corrected chi connectivity index (χ2v) is 6.66. The van der Waals surface area contributed by atoms with Crippen molar-refractivity contribution in [1.29, 1.82) is 0 Å². The standard InChI is InChI=1S/C16H30N2O4/c1-6-18(14(19)12-21-5)13-8-7-10-17(11-9-13)15(20)22-16(2,3)4/h13H,6-12H2,1-5H3/t13-/m1/s1. The number of likely N-dealkylation sites (N-methyl/N-ethyl adjacent to an activating group) is 1. The first-order valence-corrected chi connectivity index (χ1v) is 8.04. The van der Waals surface area contributed by atoms with E-state index in [1.54, 1.807) is 4.90 Å². The first kappa shape index (κ1) is 18.7. The number of carbonyl (C=O) groups is 2. The molecule has 1 aliphatic heterocycles. The first-order chi connectivity index (χ1) is 10.3. The van der Waals surface area contributed by atoms with Gasteiger partial charge in [0.1, 0.15) is 12.2 Å². The van der Waals surface area contributed by atoms with Crippen molar-refractivity contribution in [2.75, 3.05) is 33.4 Å². The molecule has 128 valence electrons. The van der Waals surface area contributed by atoms with Crippen molar-refractivity contribution in [2.45, 2.75) is 58.6 Å².